The van der Waals surface area contributed by atoms with Crippen molar-refractivity contribution in [1.82, 2.24) is 4.31 Å². The molecule has 0 amide bonds. The lowest BCUT2D eigenvalue weighted by Crippen LogP contribution is -2.44. The molecule has 0 spiro atoms. The van der Waals surface area contributed by atoms with Crippen molar-refractivity contribution < 1.29 is 13.2 Å². The molecule has 1 unspecified atom stereocenters. The predicted octanol–water partition coefficient (Wildman–Crippen LogP) is 2.39. The summed E-state index contributed by atoms with van der Waals surface area (Å²) in [5.41, 5.74) is 1.15. The van der Waals surface area contributed by atoms with E-state index >= 15 is 0 Å². The Labute approximate surface area is 121 Å². The lowest BCUT2D eigenvalue weighted by atomic mass is 9.87. The van der Waals surface area contributed by atoms with Crippen LogP contribution in [0.4, 0.5) is 0 Å². The Hall–Kier alpha value is -0.910. The van der Waals surface area contributed by atoms with Crippen LogP contribution in [0.15, 0.2) is 29.2 Å². The largest absolute Gasteiger partial charge is 0.376 e. The molecule has 0 bridgehead atoms. The van der Waals surface area contributed by atoms with Crippen LogP contribution >= 0.6 is 0 Å². The van der Waals surface area contributed by atoms with E-state index in [-0.39, 0.29) is 11.5 Å². The lowest BCUT2D eigenvalue weighted by Gasteiger charge is -2.30. The smallest absolute Gasteiger partial charge is 0.243 e. The van der Waals surface area contributed by atoms with Gasteiger partial charge < -0.3 is 4.74 Å². The van der Waals surface area contributed by atoms with Crippen LogP contribution < -0.4 is 0 Å². The molecule has 1 saturated heterocycles. The molecule has 1 aliphatic heterocycles. The quantitative estimate of drug-likeness (QED) is 0.842. The van der Waals surface area contributed by atoms with Crippen molar-refractivity contribution in [2.45, 2.75) is 44.1 Å². The van der Waals surface area contributed by atoms with E-state index in [0.717, 1.165) is 5.56 Å². The zero-order valence-electron chi connectivity index (χ0n) is 12.6. The number of sulfonamides is 1. The van der Waals surface area contributed by atoms with Crippen LogP contribution in [0.2, 0.25) is 0 Å². The summed E-state index contributed by atoms with van der Waals surface area (Å²) in [6, 6.07) is 7.21. The molecular weight excluding hydrogens is 274 g/mol. The van der Waals surface area contributed by atoms with Gasteiger partial charge in [-0.1, -0.05) is 32.9 Å². The molecule has 2 rings (SSSR count). The number of ether oxygens (including phenoxy) is 1. The van der Waals surface area contributed by atoms with Gasteiger partial charge in [-0.05, 0) is 30.0 Å². The van der Waals surface area contributed by atoms with Gasteiger partial charge in [0.2, 0.25) is 10.0 Å². The van der Waals surface area contributed by atoms with Gasteiger partial charge >= 0.3 is 0 Å². The highest BCUT2D eigenvalue weighted by atomic mass is 32.2. The summed E-state index contributed by atoms with van der Waals surface area (Å²) in [4.78, 5) is 0.361. The average molecular weight is 297 g/mol. The third kappa shape index (κ3) is 3.22. The zero-order chi connectivity index (χ0) is 15.0. The van der Waals surface area contributed by atoms with Crippen LogP contribution in [0.5, 0.6) is 0 Å². The Morgan fingerprint density at radius 3 is 2.30 bits per heavy atom. The summed E-state index contributed by atoms with van der Waals surface area (Å²) in [5.74, 6) is 0. The van der Waals surface area contributed by atoms with Gasteiger partial charge in [-0.25, -0.2) is 8.42 Å². The summed E-state index contributed by atoms with van der Waals surface area (Å²) in [6.07, 6.45) is -0.0487. The summed E-state index contributed by atoms with van der Waals surface area (Å²) in [7, 11) is -3.40. The minimum absolute atomic E-state index is 0.0236. The third-order valence-electron chi connectivity index (χ3n) is 3.56. The second-order valence-corrected chi connectivity index (χ2v) is 8.26. The van der Waals surface area contributed by atoms with Crippen molar-refractivity contribution in [3.05, 3.63) is 29.8 Å². The Morgan fingerprint density at radius 2 is 1.80 bits per heavy atom. The maximum atomic E-state index is 12.6. The molecule has 0 saturated carbocycles. The van der Waals surface area contributed by atoms with Gasteiger partial charge in [0, 0.05) is 13.1 Å². The van der Waals surface area contributed by atoms with E-state index in [9.17, 15) is 8.42 Å². The minimum atomic E-state index is -3.40. The molecule has 5 heteroatoms. The van der Waals surface area contributed by atoms with Crippen LogP contribution in [0, 0.1) is 0 Å². The topological polar surface area (TPSA) is 46.6 Å². The maximum Gasteiger partial charge on any atom is 0.243 e. The first-order valence-corrected chi connectivity index (χ1v) is 8.37. The fourth-order valence-electron chi connectivity index (χ4n) is 2.28. The molecule has 0 radical (unpaired) electrons. The summed E-state index contributed by atoms with van der Waals surface area (Å²) >= 11 is 0. The molecule has 1 atom stereocenters. The Morgan fingerprint density at radius 1 is 1.20 bits per heavy atom. The van der Waals surface area contributed by atoms with E-state index in [1.165, 1.54) is 4.31 Å². The first kappa shape index (κ1) is 15.5. The highest BCUT2D eigenvalue weighted by Crippen LogP contribution is 2.25. The number of benzene rings is 1. The van der Waals surface area contributed by atoms with Crippen molar-refractivity contribution in [3.63, 3.8) is 0 Å². The highest BCUT2D eigenvalue weighted by molar-refractivity contribution is 7.89. The molecule has 0 aromatic heterocycles. The van der Waals surface area contributed by atoms with Crippen molar-refractivity contribution in [1.29, 1.82) is 0 Å². The van der Waals surface area contributed by atoms with E-state index in [4.69, 9.17) is 4.74 Å². The van der Waals surface area contributed by atoms with Gasteiger partial charge in [-0.3, -0.25) is 0 Å². The van der Waals surface area contributed by atoms with Gasteiger partial charge in [0.05, 0.1) is 17.6 Å². The van der Waals surface area contributed by atoms with Crippen LogP contribution in [-0.2, 0) is 20.2 Å². The first-order valence-electron chi connectivity index (χ1n) is 6.93. The molecule has 1 fully saturated rings. The third-order valence-corrected chi connectivity index (χ3v) is 5.44. The number of rotatable bonds is 2. The Bertz CT molecular complexity index is 558. The number of nitrogens with zero attached hydrogens (tertiary/aromatic N) is 1. The van der Waals surface area contributed by atoms with Crippen molar-refractivity contribution in [2.75, 3.05) is 19.7 Å². The molecule has 4 nitrogen and oxygen atoms in total. The summed E-state index contributed by atoms with van der Waals surface area (Å²) in [6.45, 7) is 9.53. The zero-order valence-corrected chi connectivity index (χ0v) is 13.4. The van der Waals surface area contributed by atoms with Crippen LogP contribution in [-0.4, -0.2) is 38.5 Å². The Kier molecular flexibility index (Phi) is 4.23. The lowest BCUT2D eigenvalue weighted by molar-refractivity contribution is 0.0102. The number of hydrogen-bond acceptors (Lipinski definition) is 3. The summed E-state index contributed by atoms with van der Waals surface area (Å²) in [5, 5.41) is 0. The maximum absolute atomic E-state index is 12.6. The minimum Gasteiger partial charge on any atom is -0.376 e. The molecule has 1 aliphatic rings. The van der Waals surface area contributed by atoms with Gasteiger partial charge in [0.25, 0.3) is 0 Å². The Balaban J connectivity index is 2.26. The van der Waals surface area contributed by atoms with Crippen LogP contribution in [0.3, 0.4) is 0 Å². The van der Waals surface area contributed by atoms with Crippen molar-refractivity contribution >= 4 is 10.0 Å². The van der Waals surface area contributed by atoms with E-state index < -0.39 is 10.0 Å². The first-order chi connectivity index (χ1) is 9.21. The molecule has 112 valence electrons. The van der Waals surface area contributed by atoms with E-state index in [1.807, 2.05) is 19.1 Å². The van der Waals surface area contributed by atoms with Gasteiger partial charge in [0.15, 0.2) is 0 Å². The standard InChI is InChI=1S/C15H23NO3S/c1-12-11-16(9-10-19-12)20(17,18)14-7-5-13(6-8-14)15(2,3)4/h5-8,12H,9-11H2,1-4H3. The predicted molar refractivity (Wildman–Crippen MR) is 79.3 cm³/mol. The molecule has 1 heterocycles. The van der Waals surface area contributed by atoms with Crippen molar-refractivity contribution in [2.24, 2.45) is 0 Å². The fraction of sp³-hybridized carbons (Fsp3) is 0.600. The van der Waals surface area contributed by atoms with Crippen molar-refractivity contribution in [3.8, 4) is 0 Å². The molecule has 1 aromatic carbocycles. The van der Waals surface area contributed by atoms with Gasteiger partial charge in [-0.2, -0.15) is 4.31 Å². The second-order valence-electron chi connectivity index (χ2n) is 6.32. The number of morpholine rings is 1. The molecule has 0 N–H and O–H groups in total. The van der Waals surface area contributed by atoms with E-state index in [1.54, 1.807) is 12.1 Å². The number of hydrogen-bond donors (Lipinski definition) is 0. The molecule has 1 aromatic rings. The summed E-state index contributed by atoms with van der Waals surface area (Å²) < 4.78 is 32.0. The highest BCUT2D eigenvalue weighted by Gasteiger charge is 2.29. The van der Waals surface area contributed by atoms with E-state index in [2.05, 4.69) is 20.8 Å². The SMILES string of the molecule is CC1CN(S(=O)(=O)c2ccc(C(C)(C)C)cc2)CCO1. The monoisotopic (exact) mass is 297 g/mol. The van der Waals surface area contributed by atoms with E-state index in [0.29, 0.717) is 24.6 Å². The normalized spacial score (nSPS) is 21.9. The fourth-order valence-corrected chi connectivity index (χ4v) is 3.78. The van der Waals surface area contributed by atoms with Gasteiger partial charge in [0.1, 0.15) is 0 Å². The van der Waals surface area contributed by atoms with Gasteiger partial charge in [-0.15, -0.1) is 0 Å². The molecule has 0 aliphatic carbocycles. The van der Waals surface area contributed by atoms with Crippen LogP contribution in [0.1, 0.15) is 33.3 Å². The molecule has 20 heavy (non-hydrogen) atoms. The molecular formula is C15H23NO3S. The second kappa shape index (κ2) is 5.47. The average Bonchev–Trinajstić information content (AvgIpc) is 2.38. The van der Waals surface area contributed by atoms with Crippen LogP contribution in [0.25, 0.3) is 0 Å².